The standard InChI is InChI=1S/C14H19ClO5S/c1-5-19-8-11(4)20-14(16)12-7-13(21(15,17)18)10(3)6-9(12)2/h6-7,11H,5,8H2,1-4H3. The van der Waals surface area contributed by atoms with E-state index >= 15 is 0 Å². The van der Waals surface area contributed by atoms with Crippen molar-refractivity contribution in [3.05, 3.63) is 28.8 Å². The van der Waals surface area contributed by atoms with Gasteiger partial charge in [-0.25, -0.2) is 13.2 Å². The Balaban J connectivity index is 3.05. The number of carbonyl (C=O) groups is 1. The third kappa shape index (κ3) is 4.98. The molecular formula is C14H19ClO5S. The van der Waals surface area contributed by atoms with E-state index in [9.17, 15) is 13.2 Å². The van der Waals surface area contributed by atoms with Crippen molar-refractivity contribution >= 4 is 25.7 Å². The predicted octanol–water partition coefficient (Wildman–Crippen LogP) is 2.81. The lowest BCUT2D eigenvalue weighted by molar-refractivity contribution is 0.00431. The smallest absolute Gasteiger partial charge is 0.338 e. The third-order valence-electron chi connectivity index (χ3n) is 2.87. The average Bonchev–Trinajstić information content (AvgIpc) is 2.34. The van der Waals surface area contributed by atoms with Gasteiger partial charge in [-0.1, -0.05) is 6.07 Å². The normalized spacial score (nSPS) is 13.0. The van der Waals surface area contributed by atoms with Crippen molar-refractivity contribution in [3.63, 3.8) is 0 Å². The van der Waals surface area contributed by atoms with E-state index in [-0.39, 0.29) is 17.1 Å². The first-order valence-corrected chi connectivity index (χ1v) is 8.82. The first-order chi connectivity index (χ1) is 9.66. The summed E-state index contributed by atoms with van der Waals surface area (Å²) in [6.45, 7) is 7.69. The van der Waals surface area contributed by atoms with Crippen LogP contribution in [0.15, 0.2) is 17.0 Å². The number of rotatable bonds is 6. The fourth-order valence-electron chi connectivity index (χ4n) is 1.88. The maximum atomic E-state index is 12.1. The summed E-state index contributed by atoms with van der Waals surface area (Å²) >= 11 is 0. The van der Waals surface area contributed by atoms with E-state index in [1.165, 1.54) is 6.07 Å². The zero-order chi connectivity index (χ0) is 16.2. The highest BCUT2D eigenvalue weighted by Crippen LogP contribution is 2.24. The number of carbonyl (C=O) groups excluding carboxylic acids is 1. The van der Waals surface area contributed by atoms with Crippen molar-refractivity contribution in [2.75, 3.05) is 13.2 Å². The molecule has 0 spiro atoms. The summed E-state index contributed by atoms with van der Waals surface area (Å²) in [7, 11) is 1.46. The number of aryl methyl sites for hydroxylation is 2. The molecule has 5 nitrogen and oxygen atoms in total. The Bertz CT molecular complexity index is 624. The Labute approximate surface area is 129 Å². The molecule has 0 N–H and O–H groups in total. The molecule has 0 aliphatic heterocycles. The molecule has 0 heterocycles. The monoisotopic (exact) mass is 334 g/mol. The third-order valence-corrected chi connectivity index (χ3v) is 4.33. The lowest BCUT2D eigenvalue weighted by Crippen LogP contribution is -2.21. The highest BCUT2D eigenvalue weighted by molar-refractivity contribution is 8.13. The molecule has 0 aromatic heterocycles. The van der Waals surface area contributed by atoms with Gasteiger partial charge in [0.25, 0.3) is 9.05 Å². The van der Waals surface area contributed by atoms with Gasteiger partial charge < -0.3 is 9.47 Å². The van der Waals surface area contributed by atoms with E-state index in [4.69, 9.17) is 20.2 Å². The summed E-state index contributed by atoms with van der Waals surface area (Å²) in [4.78, 5) is 12.0. The Hall–Kier alpha value is -1.11. The molecule has 1 rings (SSSR count). The van der Waals surface area contributed by atoms with Crippen LogP contribution in [-0.2, 0) is 18.5 Å². The molecule has 21 heavy (non-hydrogen) atoms. The Morgan fingerprint density at radius 1 is 1.29 bits per heavy atom. The van der Waals surface area contributed by atoms with Gasteiger partial charge in [-0.2, -0.15) is 0 Å². The number of ether oxygens (including phenoxy) is 2. The van der Waals surface area contributed by atoms with Gasteiger partial charge in [0.05, 0.1) is 17.1 Å². The molecule has 0 saturated carbocycles. The largest absolute Gasteiger partial charge is 0.457 e. The highest BCUT2D eigenvalue weighted by atomic mass is 35.7. The van der Waals surface area contributed by atoms with Crippen LogP contribution in [-0.4, -0.2) is 33.7 Å². The molecule has 0 fully saturated rings. The van der Waals surface area contributed by atoms with E-state index < -0.39 is 21.1 Å². The van der Waals surface area contributed by atoms with Crippen LogP contribution >= 0.6 is 10.7 Å². The van der Waals surface area contributed by atoms with Gasteiger partial charge in [-0.05, 0) is 44.9 Å². The molecule has 118 valence electrons. The lowest BCUT2D eigenvalue weighted by atomic mass is 10.1. The molecule has 1 atom stereocenters. The molecule has 0 saturated heterocycles. The van der Waals surface area contributed by atoms with E-state index in [0.29, 0.717) is 17.7 Å². The fraction of sp³-hybridized carbons (Fsp3) is 0.500. The second-order valence-corrected chi connectivity index (χ2v) is 7.28. The lowest BCUT2D eigenvalue weighted by Gasteiger charge is -2.15. The maximum Gasteiger partial charge on any atom is 0.338 e. The summed E-state index contributed by atoms with van der Waals surface area (Å²) in [6.07, 6.45) is -0.422. The summed E-state index contributed by atoms with van der Waals surface area (Å²) in [5.41, 5.74) is 1.30. The van der Waals surface area contributed by atoms with Crippen molar-refractivity contribution < 1.29 is 22.7 Å². The van der Waals surface area contributed by atoms with Crippen LogP contribution in [0.5, 0.6) is 0 Å². The topological polar surface area (TPSA) is 69.7 Å². The first-order valence-electron chi connectivity index (χ1n) is 6.51. The first kappa shape index (κ1) is 17.9. The predicted molar refractivity (Wildman–Crippen MR) is 80.3 cm³/mol. The van der Waals surface area contributed by atoms with Crippen LogP contribution in [0, 0.1) is 13.8 Å². The van der Waals surface area contributed by atoms with E-state index in [1.807, 2.05) is 6.92 Å². The molecule has 1 aromatic carbocycles. The summed E-state index contributed by atoms with van der Waals surface area (Å²) in [6, 6.07) is 2.85. The number of hydrogen-bond acceptors (Lipinski definition) is 5. The Morgan fingerprint density at radius 3 is 2.43 bits per heavy atom. The van der Waals surface area contributed by atoms with Crippen LogP contribution in [0.4, 0.5) is 0 Å². The Kier molecular flexibility index (Phi) is 6.19. The molecule has 1 unspecified atom stereocenters. The second kappa shape index (κ2) is 7.24. The number of halogens is 1. The zero-order valence-electron chi connectivity index (χ0n) is 12.5. The minimum Gasteiger partial charge on any atom is -0.457 e. The molecule has 7 heteroatoms. The SMILES string of the molecule is CCOCC(C)OC(=O)c1cc(S(=O)(=O)Cl)c(C)cc1C. The van der Waals surface area contributed by atoms with Crippen LogP contribution < -0.4 is 0 Å². The second-order valence-electron chi connectivity index (χ2n) is 4.75. The quantitative estimate of drug-likeness (QED) is 0.591. The van der Waals surface area contributed by atoms with E-state index in [0.717, 1.165) is 0 Å². The molecule has 0 aliphatic carbocycles. The number of hydrogen-bond donors (Lipinski definition) is 0. The van der Waals surface area contributed by atoms with Crippen LogP contribution in [0.1, 0.15) is 35.3 Å². The van der Waals surface area contributed by atoms with E-state index in [1.54, 1.807) is 26.8 Å². The average molecular weight is 335 g/mol. The van der Waals surface area contributed by atoms with Gasteiger partial charge in [0.15, 0.2) is 0 Å². The van der Waals surface area contributed by atoms with E-state index in [2.05, 4.69) is 0 Å². The fourth-order valence-corrected chi connectivity index (χ4v) is 3.08. The van der Waals surface area contributed by atoms with Crippen molar-refractivity contribution in [1.29, 1.82) is 0 Å². The van der Waals surface area contributed by atoms with Crippen LogP contribution in [0.3, 0.4) is 0 Å². The summed E-state index contributed by atoms with van der Waals surface area (Å²) < 4.78 is 33.4. The van der Waals surface area contributed by atoms with Gasteiger partial charge in [0, 0.05) is 17.3 Å². The van der Waals surface area contributed by atoms with Gasteiger partial charge in [0.2, 0.25) is 0 Å². The molecule has 0 aliphatic rings. The summed E-state index contributed by atoms with van der Waals surface area (Å²) in [5.74, 6) is -0.596. The van der Waals surface area contributed by atoms with Crippen molar-refractivity contribution in [3.8, 4) is 0 Å². The Morgan fingerprint density at radius 2 is 1.90 bits per heavy atom. The molecule has 0 bridgehead atoms. The van der Waals surface area contributed by atoms with Gasteiger partial charge >= 0.3 is 5.97 Å². The van der Waals surface area contributed by atoms with Crippen LogP contribution in [0.2, 0.25) is 0 Å². The molecule has 0 amide bonds. The highest BCUT2D eigenvalue weighted by Gasteiger charge is 2.21. The minimum absolute atomic E-state index is 0.0841. The molecule has 1 aromatic rings. The van der Waals surface area contributed by atoms with Crippen LogP contribution in [0.25, 0.3) is 0 Å². The minimum atomic E-state index is -3.91. The van der Waals surface area contributed by atoms with Crippen molar-refractivity contribution in [2.24, 2.45) is 0 Å². The van der Waals surface area contributed by atoms with Gasteiger partial charge in [-0.15, -0.1) is 0 Å². The van der Waals surface area contributed by atoms with Gasteiger partial charge in [0.1, 0.15) is 6.10 Å². The van der Waals surface area contributed by atoms with Crippen molar-refractivity contribution in [2.45, 2.75) is 38.7 Å². The summed E-state index contributed by atoms with van der Waals surface area (Å²) in [5, 5.41) is 0. The number of esters is 1. The molecule has 0 radical (unpaired) electrons. The zero-order valence-corrected chi connectivity index (χ0v) is 14.0. The number of benzene rings is 1. The maximum absolute atomic E-state index is 12.1. The van der Waals surface area contributed by atoms with Gasteiger partial charge in [-0.3, -0.25) is 0 Å². The van der Waals surface area contributed by atoms with Crippen molar-refractivity contribution in [1.82, 2.24) is 0 Å². The molecular weight excluding hydrogens is 316 g/mol.